The number of anilines is 1. The molecule has 0 fully saturated rings. The fourth-order valence-corrected chi connectivity index (χ4v) is 4.75. The SMILES string of the molecule is CC(C)c1ccc(NC(=O)CSc2nnc(-c3csc4ccccc34)n2C)cc1. The number of nitrogens with zero attached hydrogens (tertiary/aromatic N) is 3. The largest absolute Gasteiger partial charge is 0.325 e. The monoisotopic (exact) mass is 422 g/mol. The minimum absolute atomic E-state index is 0.0576. The van der Waals surface area contributed by atoms with Crippen LogP contribution in [0.5, 0.6) is 0 Å². The second-order valence-corrected chi connectivity index (χ2v) is 8.98. The third-order valence-electron chi connectivity index (χ3n) is 4.75. The Morgan fingerprint density at radius 3 is 2.66 bits per heavy atom. The molecule has 4 aromatic rings. The highest BCUT2D eigenvalue weighted by atomic mass is 32.2. The first-order valence-electron chi connectivity index (χ1n) is 9.41. The highest BCUT2D eigenvalue weighted by Crippen LogP contribution is 2.33. The number of carbonyl (C=O) groups excluding carboxylic acids is 1. The Bertz CT molecular complexity index is 1150. The summed E-state index contributed by atoms with van der Waals surface area (Å²) in [6.45, 7) is 4.30. The van der Waals surface area contributed by atoms with Crippen molar-refractivity contribution in [3.8, 4) is 11.4 Å². The number of rotatable bonds is 6. The molecule has 2 aromatic heterocycles. The molecule has 1 N–H and O–H groups in total. The molecule has 0 bridgehead atoms. The van der Waals surface area contributed by atoms with Crippen molar-refractivity contribution in [1.82, 2.24) is 14.8 Å². The Hall–Kier alpha value is -2.64. The zero-order valence-corrected chi connectivity index (χ0v) is 18.2. The van der Waals surface area contributed by atoms with Gasteiger partial charge in [-0.2, -0.15) is 0 Å². The lowest BCUT2D eigenvalue weighted by Crippen LogP contribution is -2.14. The highest BCUT2D eigenvalue weighted by Gasteiger charge is 2.16. The van der Waals surface area contributed by atoms with E-state index in [9.17, 15) is 4.79 Å². The van der Waals surface area contributed by atoms with Crippen molar-refractivity contribution in [2.45, 2.75) is 24.9 Å². The Morgan fingerprint density at radius 2 is 1.90 bits per heavy atom. The number of hydrogen-bond donors (Lipinski definition) is 1. The van der Waals surface area contributed by atoms with Crippen molar-refractivity contribution < 1.29 is 4.79 Å². The molecular weight excluding hydrogens is 400 g/mol. The summed E-state index contributed by atoms with van der Waals surface area (Å²) < 4.78 is 3.17. The van der Waals surface area contributed by atoms with Gasteiger partial charge < -0.3 is 9.88 Å². The maximum absolute atomic E-state index is 12.3. The Morgan fingerprint density at radius 1 is 1.14 bits per heavy atom. The van der Waals surface area contributed by atoms with E-state index in [1.165, 1.54) is 27.4 Å². The predicted octanol–water partition coefficient (Wildman–Crippen LogP) is 5.55. The first-order chi connectivity index (χ1) is 14.0. The minimum Gasteiger partial charge on any atom is -0.325 e. The van der Waals surface area contributed by atoms with E-state index < -0.39 is 0 Å². The second kappa shape index (κ2) is 8.39. The van der Waals surface area contributed by atoms with E-state index in [0.29, 0.717) is 5.92 Å². The van der Waals surface area contributed by atoms with Gasteiger partial charge in [0.25, 0.3) is 0 Å². The topological polar surface area (TPSA) is 59.8 Å². The smallest absolute Gasteiger partial charge is 0.234 e. The van der Waals surface area contributed by atoms with Gasteiger partial charge in [0.2, 0.25) is 5.91 Å². The summed E-state index contributed by atoms with van der Waals surface area (Å²) in [4.78, 5) is 12.3. The number of carbonyl (C=O) groups is 1. The molecule has 4 rings (SSSR count). The first-order valence-corrected chi connectivity index (χ1v) is 11.3. The Kier molecular flexibility index (Phi) is 5.69. The fourth-order valence-electron chi connectivity index (χ4n) is 3.10. The molecule has 2 heterocycles. The van der Waals surface area contributed by atoms with Crippen LogP contribution in [-0.2, 0) is 11.8 Å². The molecular formula is C22H22N4OS2. The van der Waals surface area contributed by atoms with Gasteiger partial charge in [0.05, 0.1) is 5.75 Å². The van der Waals surface area contributed by atoms with Gasteiger partial charge in [-0.1, -0.05) is 55.9 Å². The van der Waals surface area contributed by atoms with Crippen molar-refractivity contribution in [1.29, 1.82) is 0 Å². The van der Waals surface area contributed by atoms with Crippen LogP contribution in [0.4, 0.5) is 5.69 Å². The van der Waals surface area contributed by atoms with Crippen molar-refractivity contribution in [3.05, 3.63) is 59.5 Å². The summed E-state index contributed by atoms with van der Waals surface area (Å²) in [7, 11) is 1.94. The van der Waals surface area contributed by atoms with Crippen LogP contribution in [0.3, 0.4) is 0 Å². The third-order valence-corrected chi connectivity index (χ3v) is 6.73. The second-order valence-electron chi connectivity index (χ2n) is 7.12. The third kappa shape index (κ3) is 4.21. The van der Waals surface area contributed by atoms with Crippen molar-refractivity contribution in [3.63, 3.8) is 0 Å². The van der Waals surface area contributed by atoms with Gasteiger partial charge in [-0.3, -0.25) is 4.79 Å². The summed E-state index contributed by atoms with van der Waals surface area (Å²) in [5, 5.41) is 15.6. The molecule has 2 aromatic carbocycles. The minimum atomic E-state index is -0.0576. The number of benzene rings is 2. The molecule has 1 amide bonds. The van der Waals surface area contributed by atoms with Gasteiger partial charge in [-0.25, -0.2) is 0 Å². The molecule has 0 unspecified atom stereocenters. The molecule has 0 radical (unpaired) electrons. The standard InChI is InChI=1S/C22H22N4OS2/c1-14(2)15-8-10-16(11-9-15)23-20(27)13-29-22-25-24-21(26(22)3)18-12-28-19-7-5-4-6-17(18)19/h4-12,14H,13H2,1-3H3,(H,23,27). The molecule has 0 saturated heterocycles. The quantitative estimate of drug-likeness (QED) is 0.414. The van der Waals surface area contributed by atoms with Gasteiger partial charge in [-0.15, -0.1) is 21.5 Å². The highest BCUT2D eigenvalue weighted by molar-refractivity contribution is 7.99. The van der Waals surface area contributed by atoms with Crippen LogP contribution in [0.1, 0.15) is 25.3 Å². The van der Waals surface area contributed by atoms with Gasteiger partial charge in [0.1, 0.15) is 0 Å². The van der Waals surface area contributed by atoms with Gasteiger partial charge in [0.15, 0.2) is 11.0 Å². The molecule has 0 aliphatic heterocycles. The maximum Gasteiger partial charge on any atom is 0.234 e. The summed E-state index contributed by atoms with van der Waals surface area (Å²) in [5.74, 6) is 1.51. The molecule has 29 heavy (non-hydrogen) atoms. The van der Waals surface area contributed by atoms with E-state index in [0.717, 1.165) is 22.2 Å². The lowest BCUT2D eigenvalue weighted by atomic mass is 10.0. The number of amides is 1. The summed E-state index contributed by atoms with van der Waals surface area (Å²) >= 11 is 3.08. The van der Waals surface area contributed by atoms with Crippen LogP contribution in [0.15, 0.2) is 59.1 Å². The average molecular weight is 423 g/mol. The normalized spacial score (nSPS) is 11.3. The van der Waals surface area contributed by atoms with E-state index in [-0.39, 0.29) is 11.7 Å². The zero-order valence-electron chi connectivity index (χ0n) is 16.5. The van der Waals surface area contributed by atoms with Crippen molar-refractivity contribution in [2.24, 2.45) is 7.05 Å². The molecule has 0 spiro atoms. The van der Waals surface area contributed by atoms with Crippen LogP contribution in [0.2, 0.25) is 0 Å². The van der Waals surface area contributed by atoms with Crippen LogP contribution in [-0.4, -0.2) is 26.4 Å². The predicted molar refractivity (Wildman–Crippen MR) is 122 cm³/mol. The first kappa shape index (κ1) is 19.7. The molecule has 0 atom stereocenters. The van der Waals surface area contributed by atoms with E-state index in [1.807, 2.05) is 48.0 Å². The number of fused-ring (bicyclic) bond motifs is 1. The van der Waals surface area contributed by atoms with Gasteiger partial charge in [-0.05, 0) is 29.7 Å². The van der Waals surface area contributed by atoms with E-state index in [2.05, 4.69) is 46.9 Å². The van der Waals surface area contributed by atoms with Crippen LogP contribution in [0.25, 0.3) is 21.5 Å². The summed E-state index contributed by atoms with van der Waals surface area (Å²) in [6.07, 6.45) is 0. The summed E-state index contributed by atoms with van der Waals surface area (Å²) in [5.41, 5.74) is 3.13. The molecule has 0 aliphatic carbocycles. The number of nitrogens with one attached hydrogen (secondary N) is 1. The number of thioether (sulfide) groups is 1. The van der Waals surface area contributed by atoms with E-state index in [4.69, 9.17) is 0 Å². The lowest BCUT2D eigenvalue weighted by Gasteiger charge is -2.08. The van der Waals surface area contributed by atoms with E-state index >= 15 is 0 Å². The average Bonchev–Trinajstić information content (AvgIpc) is 3.30. The molecule has 0 aliphatic rings. The number of thiophene rings is 1. The molecule has 7 heteroatoms. The van der Waals surface area contributed by atoms with Crippen LogP contribution < -0.4 is 5.32 Å². The number of aromatic nitrogens is 3. The Balaban J connectivity index is 1.42. The fraction of sp³-hybridized carbons (Fsp3) is 0.227. The Labute approximate surface area is 178 Å². The zero-order chi connectivity index (χ0) is 20.4. The molecule has 148 valence electrons. The van der Waals surface area contributed by atoms with Crippen molar-refractivity contribution in [2.75, 3.05) is 11.1 Å². The molecule has 5 nitrogen and oxygen atoms in total. The van der Waals surface area contributed by atoms with Gasteiger partial charge >= 0.3 is 0 Å². The van der Waals surface area contributed by atoms with E-state index in [1.54, 1.807) is 11.3 Å². The lowest BCUT2D eigenvalue weighted by molar-refractivity contribution is -0.113. The molecule has 0 saturated carbocycles. The van der Waals surface area contributed by atoms with Crippen LogP contribution >= 0.6 is 23.1 Å². The maximum atomic E-state index is 12.3. The van der Waals surface area contributed by atoms with Crippen LogP contribution in [0, 0.1) is 0 Å². The summed E-state index contributed by atoms with van der Waals surface area (Å²) in [6, 6.07) is 16.3. The van der Waals surface area contributed by atoms with Gasteiger partial charge in [0, 0.05) is 33.8 Å². The number of hydrogen-bond acceptors (Lipinski definition) is 5. The van der Waals surface area contributed by atoms with Crippen molar-refractivity contribution >= 4 is 44.8 Å².